The van der Waals surface area contributed by atoms with Gasteiger partial charge in [-0.3, -0.25) is 9.69 Å². The van der Waals surface area contributed by atoms with Crippen LogP contribution in [0, 0.1) is 0 Å². The van der Waals surface area contributed by atoms with Gasteiger partial charge in [0.2, 0.25) is 5.91 Å². The molecule has 0 heterocycles. The highest BCUT2D eigenvalue weighted by atomic mass is 35.5. The van der Waals surface area contributed by atoms with Crippen molar-refractivity contribution in [1.29, 1.82) is 0 Å². The Kier molecular flexibility index (Phi) is 5.95. The molecular weight excluding hydrogens is 250 g/mol. The molecule has 18 heavy (non-hydrogen) atoms. The molecular formula is C13H20ClN3O. The van der Waals surface area contributed by atoms with Gasteiger partial charge in [-0.05, 0) is 37.7 Å². The fourth-order valence-corrected chi connectivity index (χ4v) is 1.86. The molecule has 0 aliphatic heterocycles. The van der Waals surface area contributed by atoms with Crippen LogP contribution in [0.1, 0.15) is 20.3 Å². The fraction of sp³-hybridized carbons (Fsp3) is 0.462. The van der Waals surface area contributed by atoms with Crippen LogP contribution in [0.15, 0.2) is 18.2 Å². The molecule has 0 aliphatic rings. The molecule has 0 saturated heterocycles. The molecule has 5 heteroatoms. The highest BCUT2D eigenvalue weighted by molar-refractivity contribution is 6.33. The molecule has 0 fully saturated rings. The fourth-order valence-electron chi connectivity index (χ4n) is 1.70. The lowest BCUT2D eigenvalue weighted by molar-refractivity contribution is -0.117. The molecule has 0 aliphatic carbocycles. The van der Waals surface area contributed by atoms with Crippen LogP contribution in [0.25, 0.3) is 0 Å². The summed E-state index contributed by atoms with van der Waals surface area (Å²) in [6, 6.07) is 5.04. The summed E-state index contributed by atoms with van der Waals surface area (Å²) in [5.74, 6) is -0.0715. The summed E-state index contributed by atoms with van der Waals surface area (Å²) in [5.41, 5.74) is 6.80. The second-order valence-electron chi connectivity index (χ2n) is 4.16. The van der Waals surface area contributed by atoms with E-state index in [0.29, 0.717) is 22.9 Å². The lowest BCUT2D eigenvalue weighted by Crippen LogP contribution is -2.33. The zero-order valence-electron chi connectivity index (χ0n) is 10.9. The first kappa shape index (κ1) is 14.8. The summed E-state index contributed by atoms with van der Waals surface area (Å²) in [7, 11) is 0. The maximum Gasteiger partial charge on any atom is 0.238 e. The Morgan fingerprint density at radius 3 is 2.78 bits per heavy atom. The van der Waals surface area contributed by atoms with Gasteiger partial charge in [0.05, 0.1) is 17.3 Å². The zero-order chi connectivity index (χ0) is 13.5. The largest absolute Gasteiger partial charge is 0.399 e. The number of hydrogen-bond acceptors (Lipinski definition) is 3. The van der Waals surface area contributed by atoms with Crippen LogP contribution in [-0.4, -0.2) is 30.4 Å². The smallest absolute Gasteiger partial charge is 0.238 e. The molecule has 0 saturated carbocycles. The minimum atomic E-state index is -0.0715. The van der Waals surface area contributed by atoms with Crippen molar-refractivity contribution >= 4 is 28.9 Å². The molecule has 1 aromatic carbocycles. The lowest BCUT2D eigenvalue weighted by atomic mass is 10.2. The molecule has 0 aromatic heterocycles. The van der Waals surface area contributed by atoms with Gasteiger partial charge in [0.1, 0.15) is 0 Å². The van der Waals surface area contributed by atoms with Gasteiger partial charge in [0.15, 0.2) is 0 Å². The standard InChI is InChI=1S/C13H20ClN3O/c1-3-7-17(4-2)9-13(18)16-12-8-10(15)5-6-11(12)14/h5-6,8H,3-4,7,9,15H2,1-2H3,(H,16,18). The summed E-state index contributed by atoms with van der Waals surface area (Å²) in [4.78, 5) is 13.9. The summed E-state index contributed by atoms with van der Waals surface area (Å²) in [6.45, 7) is 6.27. The Morgan fingerprint density at radius 1 is 1.44 bits per heavy atom. The highest BCUT2D eigenvalue weighted by Crippen LogP contribution is 2.23. The van der Waals surface area contributed by atoms with Crippen molar-refractivity contribution in [2.75, 3.05) is 30.7 Å². The molecule has 3 N–H and O–H groups in total. The van der Waals surface area contributed by atoms with E-state index in [-0.39, 0.29) is 5.91 Å². The van der Waals surface area contributed by atoms with Crippen molar-refractivity contribution in [3.63, 3.8) is 0 Å². The number of benzene rings is 1. The molecule has 0 spiro atoms. The first-order valence-electron chi connectivity index (χ1n) is 6.14. The van der Waals surface area contributed by atoms with Crippen molar-refractivity contribution in [3.05, 3.63) is 23.2 Å². The number of carbonyl (C=O) groups excluding carboxylic acids is 1. The van der Waals surface area contributed by atoms with E-state index < -0.39 is 0 Å². The van der Waals surface area contributed by atoms with Gasteiger partial charge in [-0.2, -0.15) is 0 Å². The number of nitrogens with one attached hydrogen (secondary N) is 1. The summed E-state index contributed by atoms with van der Waals surface area (Å²) in [6.07, 6.45) is 1.03. The molecule has 1 aromatic rings. The van der Waals surface area contributed by atoms with Gasteiger partial charge in [-0.15, -0.1) is 0 Å². The van der Waals surface area contributed by atoms with Crippen LogP contribution >= 0.6 is 11.6 Å². The van der Waals surface area contributed by atoms with Crippen LogP contribution in [0.4, 0.5) is 11.4 Å². The SMILES string of the molecule is CCCN(CC)CC(=O)Nc1cc(N)ccc1Cl. The van der Waals surface area contributed by atoms with Gasteiger partial charge in [0.25, 0.3) is 0 Å². The van der Waals surface area contributed by atoms with E-state index >= 15 is 0 Å². The van der Waals surface area contributed by atoms with Crippen molar-refractivity contribution in [2.24, 2.45) is 0 Å². The van der Waals surface area contributed by atoms with E-state index in [1.807, 2.05) is 6.92 Å². The Bertz CT molecular complexity index is 409. The summed E-state index contributed by atoms with van der Waals surface area (Å²) in [5, 5.41) is 3.28. The average Bonchev–Trinajstić information content (AvgIpc) is 2.33. The number of halogens is 1. The Balaban J connectivity index is 2.61. The molecule has 0 atom stereocenters. The predicted octanol–water partition coefficient (Wildman–Crippen LogP) is 2.59. The van der Waals surface area contributed by atoms with Gasteiger partial charge in [-0.1, -0.05) is 25.4 Å². The zero-order valence-corrected chi connectivity index (χ0v) is 11.6. The number of hydrogen-bond donors (Lipinski definition) is 2. The number of nitrogen functional groups attached to an aromatic ring is 1. The number of carbonyl (C=O) groups is 1. The number of amides is 1. The maximum atomic E-state index is 11.9. The van der Waals surface area contributed by atoms with Crippen molar-refractivity contribution in [1.82, 2.24) is 4.90 Å². The van der Waals surface area contributed by atoms with Gasteiger partial charge < -0.3 is 11.1 Å². The maximum absolute atomic E-state index is 11.9. The van der Waals surface area contributed by atoms with Crippen LogP contribution in [-0.2, 0) is 4.79 Å². The van der Waals surface area contributed by atoms with Crippen LogP contribution in [0.2, 0.25) is 5.02 Å². The van der Waals surface area contributed by atoms with E-state index in [1.54, 1.807) is 18.2 Å². The normalized spacial score (nSPS) is 10.7. The molecule has 0 bridgehead atoms. The molecule has 1 amide bonds. The topological polar surface area (TPSA) is 58.4 Å². The Hall–Kier alpha value is -1.26. The molecule has 100 valence electrons. The number of rotatable bonds is 6. The van der Waals surface area contributed by atoms with Crippen molar-refractivity contribution in [2.45, 2.75) is 20.3 Å². The van der Waals surface area contributed by atoms with E-state index in [1.165, 1.54) is 0 Å². The number of nitrogens with zero attached hydrogens (tertiary/aromatic N) is 1. The van der Waals surface area contributed by atoms with Crippen LogP contribution in [0.5, 0.6) is 0 Å². The third kappa shape index (κ3) is 4.55. The molecule has 0 unspecified atom stereocenters. The number of anilines is 2. The highest BCUT2D eigenvalue weighted by Gasteiger charge is 2.10. The van der Waals surface area contributed by atoms with Gasteiger partial charge in [0, 0.05) is 5.69 Å². The third-order valence-electron chi connectivity index (χ3n) is 2.62. The van der Waals surface area contributed by atoms with Crippen LogP contribution in [0.3, 0.4) is 0 Å². The Labute approximate surface area is 113 Å². The average molecular weight is 270 g/mol. The summed E-state index contributed by atoms with van der Waals surface area (Å²) >= 11 is 5.99. The molecule has 0 radical (unpaired) electrons. The minimum Gasteiger partial charge on any atom is -0.399 e. The van der Waals surface area contributed by atoms with E-state index in [4.69, 9.17) is 17.3 Å². The van der Waals surface area contributed by atoms with Crippen LogP contribution < -0.4 is 11.1 Å². The lowest BCUT2D eigenvalue weighted by Gasteiger charge is -2.19. The van der Waals surface area contributed by atoms with Crippen molar-refractivity contribution in [3.8, 4) is 0 Å². The van der Waals surface area contributed by atoms with E-state index in [0.717, 1.165) is 19.5 Å². The molecule has 4 nitrogen and oxygen atoms in total. The number of likely N-dealkylation sites (N-methyl/N-ethyl adjacent to an activating group) is 1. The second-order valence-corrected chi connectivity index (χ2v) is 4.56. The van der Waals surface area contributed by atoms with E-state index in [9.17, 15) is 4.79 Å². The summed E-state index contributed by atoms with van der Waals surface area (Å²) < 4.78 is 0. The first-order valence-corrected chi connectivity index (χ1v) is 6.51. The van der Waals surface area contributed by atoms with E-state index in [2.05, 4.69) is 17.1 Å². The van der Waals surface area contributed by atoms with Gasteiger partial charge in [-0.25, -0.2) is 0 Å². The first-order chi connectivity index (χ1) is 8.56. The Morgan fingerprint density at radius 2 is 2.17 bits per heavy atom. The monoisotopic (exact) mass is 269 g/mol. The molecule has 1 rings (SSSR count). The minimum absolute atomic E-state index is 0.0715. The number of nitrogens with two attached hydrogens (primary N) is 1. The second kappa shape index (κ2) is 7.24. The predicted molar refractivity (Wildman–Crippen MR) is 76.9 cm³/mol. The third-order valence-corrected chi connectivity index (χ3v) is 2.95. The van der Waals surface area contributed by atoms with Gasteiger partial charge >= 0.3 is 0 Å². The van der Waals surface area contributed by atoms with Crippen molar-refractivity contribution < 1.29 is 4.79 Å². The quantitative estimate of drug-likeness (QED) is 0.781.